The monoisotopic (exact) mass is 234 g/mol. The van der Waals surface area contributed by atoms with Crippen molar-refractivity contribution in [1.82, 2.24) is 5.32 Å². The maximum absolute atomic E-state index is 10.7. The average Bonchev–Trinajstić information content (AvgIpc) is 2.37. The Hall–Kier alpha value is -1.60. The molecule has 0 aliphatic heterocycles. The Kier molecular flexibility index (Phi) is 6.05. The van der Waals surface area contributed by atoms with Crippen molar-refractivity contribution in [3.8, 4) is 6.07 Å². The minimum absolute atomic E-state index is 0.251. The van der Waals surface area contributed by atoms with Crippen molar-refractivity contribution in [2.75, 3.05) is 20.3 Å². The molecular weight excluding hydrogens is 216 g/mol. The van der Waals surface area contributed by atoms with Crippen LogP contribution in [0.5, 0.6) is 0 Å². The number of nitrogens with one attached hydrogen (secondary N) is 1. The fourth-order valence-corrected chi connectivity index (χ4v) is 1.82. The van der Waals surface area contributed by atoms with E-state index in [9.17, 15) is 4.79 Å². The molecule has 0 fully saturated rings. The summed E-state index contributed by atoms with van der Waals surface area (Å²) in [5.41, 5.74) is 2.21. The molecule has 0 saturated heterocycles. The summed E-state index contributed by atoms with van der Waals surface area (Å²) in [6.07, 6.45) is 6.30. The van der Waals surface area contributed by atoms with Gasteiger partial charge in [-0.2, -0.15) is 5.26 Å². The summed E-state index contributed by atoms with van der Waals surface area (Å²) in [4.78, 5) is 10.7. The van der Waals surface area contributed by atoms with Crippen LogP contribution < -0.4 is 5.32 Å². The summed E-state index contributed by atoms with van der Waals surface area (Å²) in [6.45, 7) is 1.59. The number of hydrogen-bond donors (Lipinski definition) is 1. The van der Waals surface area contributed by atoms with E-state index in [2.05, 4.69) is 5.32 Å². The zero-order chi connectivity index (χ0) is 12.5. The lowest BCUT2D eigenvalue weighted by Gasteiger charge is -2.17. The SMILES string of the molecule is COCCCNC1=C/C(=C(\C#N)C=O)CCC1. The van der Waals surface area contributed by atoms with Gasteiger partial charge in [0, 0.05) is 26.0 Å². The van der Waals surface area contributed by atoms with Crippen LogP contribution in [0.15, 0.2) is 22.9 Å². The van der Waals surface area contributed by atoms with E-state index in [4.69, 9.17) is 10.00 Å². The van der Waals surface area contributed by atoms with Crippen molar-refractivity contribution in [3.63, 3.8) is 0 Å². The van der Waals surface area contributed by atoms with E-state index in [0.29, 0.717) is 6.29 Å². The zero-order valence-electron chi connectivity index (χ0n) is 10.2. The number of nitrogens with zero attached hydrogens (tertiary/aromatic N) is 1. The third kappa shape index (κ3) is 4.41. The average molecular weight is 234 g/mol. The molecule has 0 aromatic heterocycles. The first kappa shape index (κ1) is 13.5. The van der Waals surface area contributed by atoms with E-state index in [-0.39, 0.29) is 5.57 Å². The molecule has 0 aromatic carbocycles. The minimum Gasteiger partial charge on any atom is -0.388 e. The summed E-state index contributed by atoms with van der Waals surface area (Å²) in [5.74, 6) is 0. The van der Waals surface area contributed by atoms with Gasteiger partial charge in [0.1, 0.15) is 6.07 Å². The van der Waals surface area contributed by atoms with Crippen LogP contribution >= 0.6 is 0 Å². The van der Waals surface area contributed by atoms with Crippen LogP contribution in [-0.2, 0) is 9.53 Å². The quantitative estimate of drug-likeness (QED) is 0.329. The van der Waals surface area contributed by atoms with Crippen molar-refractivity contribution >= 4 is 6.29 Å². The molecule has 4 heteroatoms. The van der Waals surface area contributed by atoms with Crippen LogP contribution in [0, 0.1) is 11.3 Å². The van der Waals surface area contributed by atoms with Crippen molar-refractivity contribution in [2.24, 2.45) is 0 Å². The van der Waals surface area contributed by atoms with Crippen LogP contribution in [0.1, 0.15) is 25.7 Å². The van der Waals surface area contributed by atoms with E-state index in [1.54, 1.807) is 7.11 Å². The molecule has 0 amide bonds. The Bertz CT molecular complexity index is 364. The summed E-state index contributed by atoms with van der Waals surface area (Å²) in [5, 5.41) is 12.1. The van der Waals surface area contributed by atoms with E-state index in [1.165, 1.54) is 0 Å². The topological polar surface area (TPSA) is 62.1 Å². The second kappa shape index (κ2) is 7.64. The van der Waals surface area contributed by atoms with Crippen molar-refractivity contribution in [1.29, 1.82) is 5.26 Å². The number of carbonyl (C=O) groups is 1. The molecule has 0 atom stereocenters. The standard InChI is InChI=1S/C13H18N2O2/c1-17-7-3-6-15-13-5-2-4-11(8-13)12(9-14)10-16/h8,10,15H,2-7H2,1H3/b12-11+. The fourth-order valence-electron chi connectivity index (χ4n) is 1.82. The van der Waals surface area contributed by atoms with Gasteiger partial charge in [0.15, 0.2) is 6.29 Å². The van der Waals surface area contributed by atoms with Gasteiger partial charge in [-0.25, -0.2) is 0 Å². The first-order chi connectivity index (χ1) is 8.31. The molecule has 4 nitrogen and oxygen atoms in total. The molecule has 92 valence electrons. The van der Waals surface area contributed by atoms with Gasteiger partial charge in [-0.1, -0.05) is 0 Å². The first-order valence-corrected chi connectivity index (χ1v) is 5.83. The Morgan fingerprint density at radius 2 is 2.47 bits per heavy atom. The van der Waals surface area contributed by atoms with Crippen LogP contribution in [-0.4, -0.2) is 26.5 Å². The predicted octanol–water partition coefficient (Wildman–Crippen LogP) is 1.70. The van der Waals surface area contributed by atoms with Gasteiger partial charge in [0.25, 0.3) is 0 Å². The van der Waals surface area contributed by atoms with Crippen LogP contribution in [0.3, 0.4) is 0 Å². The Balaban J connectivity index is 2.58. The molecule has 0 saturated carbocycles. The van der Waals surface area contributed by atoms with Gasteiger partial charge in [-0.3, -0.25) is 4.79 Å². The maximum Gasteiger partial charge on any atom is 0.160 e. The van der Waals surface area contributed by atoms with E-state index in [0.717, 1.165) is 50.1 Å². The predicted molar refractivity (Wildman–Crippen MR) is 65.1 cm³/mol. The minimum atomic E-state index is 0.251. The largest absolute Gasteiger partial charge is 0.388 e. The van der Waals surface area contributed by atoms with E-state index < -0.39 is 0 Å². The number of hydrogen-bond acceptors (Lipinski definition) is 4. The molecule has 0 spiro atoms. The second-order valence-electron chi connectivity index (χ2n) is 3.96. The Morgan fingerprint density at radius 3 is 3.12 bits per heavy atom. The van der Waals surface area contributed by atoms with Gasteiger partial charge in [0.05, 0.1) is 5.57 Å². The summed E-state index contributed by atoms with van der Waals surface area (Å²) in [6, 6.07) is 1.94. The van der Waals surface area contributed by atoms with Crippen molar-refractivity contribution < 1.29 is 9.53 Å². The number of rotatable bonds is 6. The number of nitriles is 1. The molecule has 0 unspecified atom stereocenters. The van der Waals surface area contributed by atoms with Crippen molar-refractivity contribution in [2.45, 2.75) is 25.7 Å². The van der Waals surface area contributed by atoms with Gasteiger partial charge < -0.3 is 10.1 Å². The molecule has 0 aromatic rings. The number of ether oxygens (including phenoxy) is 1. The Morgan fingerprint density at radius 1 is 1.65 bits per heavy atom. The fraction of sp³-hybridized carbons (Fsp3) is 0.538. The smallest absolute Gasteiger partial charge is 0.160 e. The highest BCUT2D eigenvalue weighted by molar-refractivity contribution is 5.81. The van der Waals surface area contributed by atoms with Gasteiger partial charge in [0.2, 0.25) is 0 Å². The van der Waals surface area contributed by atoms with Gasteiger partial charge in [-0.15, -0.1) is 0 Å². The Labute approximate surface area is 102 Å². The third-order valence-corrected chi connectivity index (χ3v) is 2.70. The van der Waals surface area contributed by atoms with E-state index in [1.807, 2.05) is 12.1 Å². The number of allylic oxidation sites excluding steroid dienone is 4. The zero-order valence-corrected chi connectivity index (χ0v) is 10.2. The molecular formula is C13H18N2O2. The maximum atomic E-state index is 10.7. The number of methoxy groups -OCH3 is 1. The summed E-state index contributed by atoms with van der Waals surface area (Å²) >= 11 is 0. The van der Waals surface area contributed by atoms with Crippen LogP contribution in [0.2, 0.25) is 0 Å². The lowest BCUT2D eigenvalue weighted by atomic mass is 9.95. The van der Waals surface area contributed by atoms with Gasteiger partial charge in [-0.05, 0) is 37.3 Å². The van der Waals surface area contributed by atoms with Crippen LogP contribution in [0.4, 0.5) is 0 Å². The van der Waals surface area contributed by atoms with Crippen molar-refractivity contribution in [3.05, 3.63) is 22.9 Å². The lowest BCUT2D eigenvalue weighted by molar-refractivity contribution is -0.104. The second-order valence-corrected chi connectivity index (χ2v) is 3.96. The molecule has 0 heterocycles. The molecule has 0 radical (unpaired) electrons. The van der Waals surface area contributed by atoms with Gasteiger partial charge >= 0.3 is 0 Å². The first-order valence-electron chi connectivity index (χ1n) is 5.83. The summed E-state index contributed by atoms with van der Waals surface area (Å²) in [7, 11) is 1.68. The highest BCUT2D eigenvalue weighted by atomic mass is 16.5. The summed E-state index contributed by atoms with van der Waals surface area (Å²) < 4.78 is 4.97. The highest BCUT2D eigenvalue weighted by Crippen LogP contribution is 2.22. The molecule has 17 heavy (non-hydrogen) atoms. The lowest BCUT2D eigenvalue weighted by Crippen LogP contribution is -2.18. The molecule has 1 rings (SSSR count). The molecule has 1 aliphatic carbocycles. The third-order valence-electron chi connectivity index (χ3n) is 2.70. The molecule has 0 bridgehead atoms. The normalized spacial score (nSPS) is 18.0. The van der Waals surface area contributed by atoms with Crippen LogP contribution in [0.25, 0.3) is 0 Å². The molecule has 1 aliphatic rings. The highest BCUT2D eigenvalue weighted by Gasteiger charge is 2.11. The molecule has 1 N–H and O–H groups in total. The van der Waals surface area contributed by atoms with E-state index >= 15 is 0 Å². The number of carbonyl (C=O) groups excluding carboxylic acids is 1. The number of aldehydes is 1.